The van der Waals surface area contributed by atoms with Gasteiger partial charge in [0, 0.05) is 24.6 Å². The van der Waals surface area contributed by atoms with E-state index in [0.29, 0.717) is 5.56 Å². The van der Waals surface area contributed by atoms with E-state index in [-0.39, 0.29) is 30.6 Å². The highest BCUT2D eigenvalue weighted by atomic mass is 16.2. The highest BCUT2D eigenvalue weighted by molar-refractivity contribution is 5.98. The molecule has 1 heterocycles. The van der Waals surface area contributed by atoms with Gasteiger partial charge in [0.1, 0.15) is 0 Å². The number of benzene rings is 1. The van der Waals surface area contributed by atoms with Crippen molar-refractivity contribution in [2.75, 3.05) is 0 Å². The molecule has 1 amide bonds. The van der Waals surface area contributed by atoms with Gasteiger partial charge in [-0.2, -0.15) is 0 Å². The second-order valence-electron chi connectivity index (χ2n) is 5.91. The van der Waals surface area contributed by atoms with E-state index in [9.17, 15) is 9.59 Å². The zero-order valence-corrected chi connectivity index (χ0v) is 14.3. The number of hydrogen-bond donors (Lipinski definition) is 1. The number of hydrogen-bond acceptors (Lipinski definition) is 3. The lowest BCUT2D eigenvalue weighted by molar-refractivity contribution is -0.121. The maximum absolute atomic E-state index is 12.2. The Bertz CT molecular complexity index is 666. The lowest BCUT2D eigenvalue weighted by atomic mass is 10.0. The molecule has 0 saturated carbocycles. The molecule has 126 valence electrons. The normalized spacial score (nSPS) is 11.8. The Labute approximate surface area is 143 Å². The molecule has 0 radical (unpaired) electrons. The van der Waals surface area contributed by atoms with E-state index in [2.05, 4.69) is 17.2 Å². The summed E-state index contributed by atoms with van der Waals surface area (Å²) in [6.07, 6.45) is 4.20. The number of rotatable bonds is 8. The third-order valence-electron chi connectivity index (χ3n) is 3.90. The quantitative estimate of drug-likeness (QED) is 0.750. The number of amides is 1. The molecular formula is C20H24N2O2. The molecule has 0 aliphatic rings. The number of aryl methyl sites for hydroxylation is 1. The zero-order chi connectivity index (χ0) is 17.4. The smallest absolute Gasteiger partial charge is 0.220 e. The molecule has 1 unspecified atom stereocenters. The Balaban J connectivity index is 1.81. The summed E-state index contributed by atoms with van der Waals surface area (Å²) < 4.78 is 0. The van der Waals surface area contributed by atoms with Gasteiger partial charge in [0.2, 0.25) is 5.91 Å². The summed E-state index contributed by atoms with van der Waals surface area (Å²) in [5, 5.41) is 2.88. The second-order valence-corrected chi connectivity index (χ2v) is 5.91. The molecule has 0 aliphatic carbocycles. The third kappa shape index (κ3) is 5.30. The maximum atomic E-state index is 12.2. The van der Waals surface area contributed by atoms with Crippen molar-refractivity contribution in [3.05, 3.63) is 65.5 Å². The van der Waals surface area contributed by atoms with Crippen LogP contribution in [-0.2, 0) is 11.2 Å². The summed E-state index contributed by atoms with van der Waals surface area (Å²) in [6.45, 7) is 4.01. The number of Topliss-reactive ketones (excluding diaryl/α,β-unsaturated/α-hetero) is 1. The molecule has 1 N–H and O–H groups in total. The van der Waals surface area contributed by atoms with Gasteiger partial charge in [0.15, 0.2) is 5.78 Å². The number of nitrogens with zero attached hydrogens (tertiary/aromatic N) is 1. The number of pyridine rings is 1. The van der Waals surface area contributed by atoms with E-state index < -0.39 is 0 Å². The monoisotopic (exact) mass is 324 g/mol. The Morgan fingerprint density at radius 3 is 2.46 bits per heavy atom. The average Bonchev–Trinajstić information content (AvgIpc) is 2.61. The van der Waals surface area contributed by atoms with E-state index in [1.165, 1.54) is 5.56 Å². The molecule has 4 nitrogen and oxygen atoms in total. The fourth-order valence-electron chi connectivity index (χ4n) is 2.54. The number of nitrogens with one attached hydrogen (secondary N) is 1. The van der Waals surface area contributed by atoms with Crippen molar-refractivity contribution < 1.29 is 9.59 Å². The van der Waals surface area contributed by atoms with Gasteiger partial charge < -0.3 is 5.32 Å². The fraction of sp³-hybridized carbons (Fsp3) is 0.350. The largest absolute Gasteiger partial charge is 0.348 e. The molecule has 24 heavy (non-hydrogen) atoms. The van der Waals surface area contributed by atoms with Crippen molar-refractivity contribution in [2.24, 2.45) is 0 Å². The van der Waals surface area contributed by atoms with Gasteiger partial charge in [-0.05, 0) is 31.0 Å². The molecular weight excluding hydrogens is 300 g/mol. The van der Waals surface area contributed by atoms with E-state index in [1.54, 1.807) is 6.20 Å². The minimum Gasteiger partial charge on any atom is -0.348 e. The van der Waals surface area contributed by atoms with E-state index in [4.69, 9.17) is 0 Å². The Morgan fingerprint density at radius 1 is 1.08 bits per heavy atom. The van der Waals surface area contributed by atoms with Crippen LogP contribution >= 0.6 is 0 Å². The minimum absolute atomic E-state index is 0.00122. The number of carbonyl (C=O) groups is 2. The van der Waals surface area contributed by atoms with Crippen molar-refractivity contribution >= 4 is 11.7 Å². The predicted octanol–water partition coefficient (Wildman–Crippen LogP) is 3.87. The van der Waals surface area contributed by atoms with Crippen molar-refractivity contribution in [1.29, 1.82) is 0 Å². The summed E-state index contributed by atoms with van der Waals surface area (Å²) in [4.78, 5) is 28.4. The lowest BCUT2D eigenvalue weighted by Gasteiger charge is -2.13. The van der Waals surface area contributed by atoms with Gasteiger partial charge in [-0.1, -0.05) is 43.7 Å². The van der Waals surface area contributed by atoms with Crippen LogP contribution in [0.4, 0.5) is 0 Å². The topological polar surface area (TPSA) is 59.1 Å². The van der Waals surface area contributed by atoms with Crippen molar-refractivity contribution in [3.8, 4) is 0 Å². The Kier molecular flexibility index (Phi) is 6.67. The molecule has 0 saturated heterocycles. The van der Waals surface area contributed by atoms with Crippen LogP contribution in [0.1, 0.15) is 60.8 Å². The molecule has 1 atom stereocenters. The molecule has 0 bridgehead atoms. The SMILES string of the molecule is CCCc1ccc(C(=O)CCC(=O)NC(C)c2ccccn2)cc1. The van der Waals surface area contributed by atoms with Crippen LogP contribution in [0, 0.1) is 0 Å². The first-order valence-electron chi connectivity index (χ1n) is 8.42. The Hall–Kier alpha value is -2.49. The molecule has 1 aromatic heterocycles. The summed E-state index contributed by atoms with van der Waals surface area (Å²) in [7, 11) is 0. The highest BCUT2D eigenvalue weighted by Crippen LogP contribution is 2.11. The molecule has 0 spiro atoms. The van der Waals surface area contributed by atoms with Crippen molar-refractivity contribution in [1.82, 2.24) is 10.3 Å². The highest BCUT2D eigenvalue weighted by Gasteiger charge is 2.13. The zero-order valence-electron chi connectivity index (χ0n) is 14.3. The summed E-state index contributed by atoms with van der Waals surface area (Å²) in [5.41, 5.74) is 2.71. The van der Waals surface area contributed by atoms with Crippen molar-refractivity contribution in [2.45, 2.75) is 45.6 Å². The fourth-order valence-corrected chi connectivity index (χ4v) is 2.54. The second kappa shape index (κ2) is 8.96. The molecule has 2 rings (SSSR count). The van der Waals surface area contributed by atoms with Crippen LogP contribution in [0.3, 0.4) is 0 Å². The van der Waals surface area contributed by atoms with E-state index in [1.807, 2.05) is 49.4 Å². The Morgan fingerprint density at radius 2 is 1.83 bits per heavy atom. The van der Waals surface area contributed by atoms with Crippen molar-refractivity contribution in [3.63, 3.8) is 0 Å². The average molecular weight is 324 g/mol. The van der Waals surface area contributed by atoms with Gasteiger partial charge in [-0.25, -0.2) is 0 Å². The van der Waals surface area contributed by atoms with Crippen LogP contribution in [0.2, 0.25) is 0 Å². The van der Waals surface area contributed by atoms with Crippen LogP contribution in [0.25, 0.3) is 0 Å². The van der Waals surface area contributed by atoms with Gasteiger partial charge >= 0.3 is 0 Å². The molecule has 1 aromatic carbocycles. The summed E-state index contributed by atoms with van der Waals surface area (Å²) in [6, 6.07) is 13.1. The minimum atomic E-state index is -0.165. The first-order chi connectivity index (χ1) is 11.6. The maximum Gasteiger partial charge on any atom is 0.220 e. The number of carbonyl (C=O) groups excluding carboxylic acids is 2. The van der Waals surface area contributed by atoms with E-state index in [0.717, 1.165) is 18.5 Å². The molecule has 4 heteroatoms. The summed E-state index contributed by atoms with van der Waals surface area (Å²) in [5.74, 6) is -0.136. The van der Waals surface area contributed by atoms with Gasteiger partial charge in [0.25, 0.3) is 0 Å². The van der Waals surface area contributed by atoms with Crippen LogP contribution < -0.4 is 5.32 Å². The van der Waals surface area contributed by atoms with Crippen LogP contribution in [0.5, 0.6) is 0 Å². The van der Waals surface area contributed by atoms with Gasteiger partial charge in [0.05, 0.1) is 11.7 Å². The first kappa shape index (κ1) is 17.9. The predicted molar refractivity (Wildman–Crippen MR) is 94.8 cm³/mol. The third-order valence-corrected chi connectivity index (χ3v) is 3.90. The first-order valence-corrected chi connectivity index (χ1v) is 8.42. The van der Waals surface area contributed by atoms with Gasteiger partial charge in [-0.15, -0.1) is 0 Å². The standard InChI is InChI=1S/C20H24N2O2/c1-3-6-16-8-10-17(11-9-16)19(23)12-13-20(24)22-15(2)18-7-4-5-14-21-18/h4-5,7-11,14-15H,3,6,12-13H2,1-2H3,(H,22,24). The molecule has 2 aromatic rings. The van der Waals surface area contributed by atoms with Crippen LogP contribution in [-0.4, -0.2) is 16.7 Å². The van der Waals surface area contributed by atoms with Crippen LogP contribution in [0.15, 0.2) is 48.7 Å². The summed E-state index contributed by atoms with van der Waals surface area (Å²) >= 11 is 0. The number of aromatic nitrogens is 1. The van der Waals surface area contributed by atoms with Gasteiger partial charge in [-0.3, -0.25) is 14.6 Å². The molecule has 0 fully saturated rings. The number of ketones is 1. The van der Waals surface area contributed by atoms with E-state index >= 15 is 0 Å². The lowest BCUT2D eigenvalue weighted by Crippen LogP contribution is -2.27. The molecule has 0 aliphatic heterocycles.